The maximum atomic E-state index is 12.3. The number of hydrogen-bond acceptors (Lipinski definition) is 9. The molecule has 13 heteroatoms. The van der Waals surface area contributed by atoms with Gasteiger partial charge in [-0.05, 0) is 0 Å². The molecule has 3 N–H and O–H groups in total. The van der Waals surface area contributed by atoms with Crippen LogP contribution in [-0.4, -0.2) is 72.5 Å². The number of esters is 1. The van der Waals surface area contributed by atoms with Gasteiger partial charge in [0.05, 0.1) is 6.61 Å². The molecule has 0 heterocycles. The summed E-state index contributed by atoms with van der Waals surface area (Å²) in [5, 5.41) is 27.3. The number of hydrogen-bond donors (Lipinski definition) is 3. The number of aldehydes is 1. The van der Waals surface area contributed by atoms with Crippen LogP contribution in [0.4, 0.5) is 13.2 Å². The van der Waals surface area contributed by atoms with Crippen LogP contribution in [0.2, 0.25) is 0 Å². The highest BCUT2D eigenvalue weighted by Crippen LogP contribution is 2.27. The Morgan fingerprint density at radius 3 is 2.14 bits per heavy atom. The summed E-state index contributed by atoms with van der Waals surface area (Å²) in [5.74, 6) is -1.19. The van der Waals surface area contributed by atoms with Gasteiger partial charge < -0.3 is 20.1 Å². The molecular formula is C9H13F3O9S. The third kappa shape index (κ3) is 5.49. The minimum absolute atomic E-state index is 0.300. The summed E-state index contributed by atoms with van der Waals surface area (Å²) in [6, 6.07) is 0. The summed E-state index contributed by atoms with van der Waals surface area (Å²) in [6.07, 6.45) is -9.82. The van der Waals surface area contributed by atoms with E-state index in [0.29, 0.717) is 0 Å². The van der Waals surface area contributed by atoms with E-state index in [1.54, 1.807) is 0 Å². The predicted octanol–water partition coefficient (Wildman–Crippen LogP) is -1.93. The Morgan fingerprint density at radius 2 is 1.82 bits per heavy atom. The van der Waals surface area contributed by atoms with Crippen molar-refractivity contribution in [2.75, 3.05) is 6.61 Å². The number of carbonyl (C=O) groups is 2. The van der Waals surface area contributed by atoms with Crippen molar-refractivity contribution >= 4 is 22.4 Å². The minimum Gasteiger partial charge on any atom is -0.452 e. The van der Waals surface area contributed by atoms with Crippen molar-refractivity contribution in [3.63, 3.8) is 0 Å². The van der Waals surface area contributed by atoms with Crippen molar-refractivity contribution in [2.24, 2.45) is 0 Å². The van der Waals surface area contributed by atoms with Crippen molar-refractivity contribution < 1.29 is 55.4 Å². The Hall–Kier alpha value is -1.28. The molecule has 4 atom stereocenters. The number of aliphatic hydroxyl groups excluding tert-OH is 3. The number of halogens is 3. The Labute approximate surface area is 122 Å². The van der Waals surface area contributed by atoms with Gasteiger partial charge in [-0.1, -0.05) is 0 Å². The molecule has 0 aromatic carbocycles. The zero-order valence-corrected chi connectivity index (χ0v) is 11.7. The molecule has 0 aliphatic heterocycles. The fraction of sp³-hybridized carbons (Fsp3) is 0.778. The van der Waals surface area contributed by atoms with Gasteiger partial charge in [0, 0.05) is 6.92 Å². The molecule has 22 heavy (non-hydrogen) atoms. The average molecular weight is 354 g/mol. The topological polar surface area (TPSA) is 147 Å². The lowest BCUT2D eigenvalue weighted by Gasteiger charge is -2.28. The van der Waals surface area contributed by atoms with Gasteiger partial charge in [-0.25, -0.2) is 0 Å². The van der Waals surface area contributed by atoms with Gasteiger partial charge in [-0.3, -0.25) is 13.8 Å². The van der Waals surface area contributed by atoms with Crippen molar-refractivity contribution in [2.45, 2.75) is 36.8 Å². The highest BCUT2D eigenvalue weighted by molar-refractivity contribution is 7.87. The first-order valence-corrected chi connectivity index (χ1v) is 6.87. The third-order valence-electron chi connectivity index (χ3n) is 2.20. The standard InChI is InChI=1S/C9H13F3O9S/c1-4(15)20-6(3-14)8(7(17)5(16)2-13)21-22(18,19)9(10,11)12/h3,5-8,13,16-17H,2H2,1H3/t5-,6-,7-,8-/m1/s1. The van der Waals surface area contributed by atoms with Crippen LogP contribution in [0.3, 0.4) is 0 Å². The third-order valence-corrected chi connectivity index (χ3v) is 3.24. The molecule has 0 aliphatic rings. The Kier molecular flexibility index (Phi) is 7.37. The average Bonchev–Trinajstić information content (AvgIpc) is 2.39. The quantitative estimate of drug-likeness (QED) is 0.196. The normalized spacial score (nSPS) is 18.1. The first kappa shape index (κ1) is 20.7. The van der Waals surface area contributed by atoms with Crippen LogP contribution in [-0.2, 0) is 28.6 Å². The molecule has 0 aliphatic carbocycles. The molecule has 0 bridgehead atoms. The summed E-state index contributed by atoms with van der Waals surface area (Å²) >= 11 is 0. The van der Waals surface area contributed by atoms with E-state index >= 15 is 0 Å². The Bertz CT molecular complexity index is 489. The van der Waals surface area contributed by atoms with E-state index < -0.39 is 52.6 Å². The van der Waals surface area contributed by atoms with Gasteiger partial charge in [0.25, 0.3) is 0 Å². The smallest absolute Gasteiger partial charge is 0.452 e. The largest absolute Gasteiger partial charge is 0.523 e. The number of alkyl halides is 3. The lowest BCUT2D eigenvalue weighted by molar-refractivity contribution is -0.164. The minimum atomic E-state index is -6.28. The summed E-state index contributed by atoms with van der Waals surface area (Å²) in [7, 11) is -6.28. The zero-order valence-electron chi connectivity index (χ0n) is 10.9. The molecule has 9 nitrogen and oxygen atoms in total. The van der Waals surface area contributed by atoms with Crippen LogP contribution in [0.25, 0.3) is 0 Å². The molecule has 0 aromatic heterocycles. The molecule has 0 spiro atoms. The van der Waals surface area contributed by atoms with E-state index in [4.69, 9.17) is 10.2 Å². The number of aliphatic hydroxyl groups is 3. The molecule has 0 saturated heterocycles. The summed E-state index contributed by atoms with van der Waals surface area (Å²) < 4.78 is 66.5. The first-order valence-electron chi connectivity index (χ1n) is 5.46. The second-order valence-electron chi connectivity index (χ2n) is 3.91. The van der Waals surface area contributed by atoms with Crippen LogP contribution in [0, 0.1) is 0 Å². The Balaban J connectivity index is 5.60. The van der Waals surface area contributed by atoms with E-state index in [2.05, 4.69) is 8.92 Å². The number of ether oxygens (including phenoxy) is 1. The summed E-state index contributed by atoms with van der Waals surface area (Å²) in [4.78, 5) is 21.5. The van der Waals surface area contributed by atoms with Gasteiger partial charge >= 0.3 is 21.6 Å². The van der Waals surface area contributed by atoms with E-state index in [1.807, 2.05) is 0 Å². The maximum absolute atomic E-state index is 12.3. The van der Waals surface area contributed by atoms with Crippen molar-refractivity contribution in [3.8, 4) is 0 Å². The van der Waals surface area contributed by atoms with Gasteiger partial charge in [0.15, 0.2) is 12.4 Å². The fourth-order valence-corrected chi connectivity index (χ4v) is 1.82. The van der Waals surface area contributed by atoms with Crippen LogP contribution in [0.15, 0.2) is 0 Å². The monoisotopic (exact) mass is 354 g/mol. The molecule has 0 aromatic rings. The zero-order chi connectivity index (χ0) is 17.7. The molecular weight excluding hydrogens is 341 g/mol. The highest BCUT2D eigenvalue weighted by atomic mass is 32.2. The van der Waals surface area contributed by atoms with Crippen LogP contribution >= 0.6 is 0 Å². The van der Waals surface area contributed by atoms with Gasteiger partial charge in [0.1, 0.15) is 18.3 Å². The molecule has 0 saturated carbocycles. The van der Waals surface area contributed by atoms with Gasteiger partial charge in [-0.15, -0.1) is 0 Å². The van der Waals surface area contributed by atoms with Crippen molar-refractivity contribution in [3.05, 3.63) is 0 Å². The van der Waals surface area contributed by atoms with Crippen LogP contribution in [0.5, 0.6) is 0 Å². The summed E-state index contributed by atoms with van der Waals surface area (Å²) in [5.41, 5.74) is -5.89. The summed E-state index contributed by atoms with van der Waals surface area (Å²) in [6.45, 7) is -0.445. The number of rotatable bonds is 8. The molecule has 0 amide bonds. The number of carbonyl (C=O) groups excluding carboxylic acids is 2. The van der Waals surface area contributed by atoms with Crippen LogP contribution < -0.4 is 0 Å². The van der Waals surface area contributed by atoms with E-state index in [9.17, 15) is 36.3 Å². The molecule has 0 fully saturated rings. The lowest BCUT2D eigenvalue weighted by atomic mass is 10.0. The second-order valence-corrected chi connectivity index (χ2v) is 5.47. The Morgan fingerprint density at radius 1 is 1.32 bits per heavy atom. The van der Waals surface area contributed by atoms with E-state index in [1.165, 1.54) is 0 Å². The van der Waals surface area contributed by atoms with E-state index in [0.717, 1.165) is 6.92 Å². The fourth-order valence-electron chi connectivity index (χ4n) is 1.20. The van der Waals surface area contributed by atoms with Gasteiger partial charge in [-0.2, -0.15) is 21.6 Å². The second kappa shape index (κ2) is 7.82. The highest BCUT2D eigenvalue weighted by Gasteiger charge is 2.51. The lowest BCUT2D eigenvalue weighted by Crippen LogP contribution is -2.51. The predicted molar refractivity (Wildman–Crippen MR) is 60.6 cm³/mol. The van der Waals surface area contributed by atoms with Crippen molar-refractivity contribution in [1.29, 1.82) is 0 Å². The van der Waals surface area contributed by atoms with Crippen LogP contribution in [0.1, 0.15) is 6.92 Å². The van der Waals surface area contributed by atoms with Gasteiger partial charge in [0.2, 0.25) is 0 Å². The first-order chi connectivity index (χ1) is 9.87. The molecule has 0 rings (SSSR count). The molecule has 0 unspecified atom stereocenters. The van der Waals surface area contributed by atoms with E-state index in [-0.39, 0.29) is 6.29 Å². The molecule has 0 radical (unpaired) electrons. The SMILES string of the molecule is CC(=O)O[C@H](C=O)[C@@H](OS(=O)(=O)C(F)(F)F)[C@H](O)[C@H](O)CO. The van der Waals surface area contributed by atoms with Crippen molar-refractivity contribution in [1.82, 2.24) is 0 Å². The molecule has 130 valence electrons. The maximum Gasteiger partial charge on any atom is 0.523 e.